The number of hydrogen-bond acceptors (Lipinski definition) is 4. The molecule has 0 saturated heterocycles. The van der Waals surface area contributed by atoms with E-state index in [4.69, 9.17) is 0 Å². The highest BCUT2D eigenvalue weighted by atomic mass is 79.9. The first-order valence-electron chi connectivity index (χ1n) is 8.23. The fourth-order valence-corrected chi connectivity index (χ4v) is 3.02. The molecule has 0 aliphatic rings. The number of rotatable bonds is 2. The van der Waals surface area contributed by atoms with Gasteiger partial charge in [-0.25, -0.2) is 4.98 Å². The van der Waals surface area contributed by atoms with Crippen molar-refractivity contribution in [3.8, 4) is 5.75 Å². The normalized spacial score (nSPS) is 13.3. The highest BCUT2D eigenvalue weighted by Gasteiger charge is 2.19. The molecule has 0 spiro atoms. The van der Waals surface area contributed by atoms with Gasteiger partial charge in [0.2, 0.25) is 0 Å². The molecule has 0 amide bonds. The summed E-state index contributed by atoms with van der Waals surface area (Å²) < 4.78 is 0.739. The third-order valence-corrected chi connectivity index (χ3v) is 4.47. The number of nitrogens with zero attached hydrogens (tertiary/aromatic N) is 1. The molecule has 0 saturated carbocycles. The van der Waals surface area contributed by atoms with Gasteiger partial charge in [0.15, 0.2) is 0 Å². The van der Waals surface area contributed by atoms with Crippen molar-refractivity contribution >= 4 is 28.1 Å². The third-order valence-electron chi connectivity index (χ3n) is 3.97. The second-order valence-electron chi connectivity index (χ2n) is 7.14. The number of imidazole rings is 1. The van der Waals surface area contributed by atoms with Gasteiger partial charge in [0.05, 0.1) is 12.0 Å². The Kier molecular flexibility index (Phi) is 4.93. The number of phenols is 1. The van der Waals surface area contributed by atoms with Crippen LogP contribution in [0.15, 0.2) is 38.6 Å². The molecule has 0 aliphatic carbocycles. The summed E-state index contributed by atoms with van der Waals surface area (Å²) in [5.74, 6) is 0.000398. The van der Waals surface area contributed by atoms with Crippen LogP contribution < -0.4 is 21.8 Å². The maximum Gasteiger partial charge on any atom is 0.272 e. The van der Waals surface area contributed by atoms with Gasteiger partial charge in [0.25, 0.3) is 11.1 Å². The van der Waals surface area contributed by atoms with Crippen molar-refractivity contribution in [1.29, 1.82) is 0 Å². The monoisotopic (exact) mass is 430 g/mol. The predicted octanol–water partition coefficient (Wildman–Crippen LogP) is 1.21. The standard InChI is InChI=1S/C19H19BrN4O3/c1-19(2,3)16-12(21-9-22-16)8-14-18(27)23-13(17(26)24-14)7-10-6-11(20)4-5-15(10)25/h4-9,25H,1-3H3,(H,21,22)(H,23,27)(H,24,26)/b13-7-,14-8-. The molecular weight excluding hydrogens is 412 g/mol. The lowest BCUT2D eigenvalue weighted by molar-refractivity contribution is 0.474. The predicted molar refractivity (Wildman–Crippen MR) is 107 cm³/mol. The molecule has 0 atom stereocenters. The van der Waals surface area contributed by atoms with Gasteiger partial charge >= 0.3 is 0 Å². The van der Waals surface area contributed by atoms with Crippen LogP contribution in [-0.4, -0.2) is 25.0 Å². The van der Waals surface area contributed by atoms with Gasteiger partial charge in [-0.1, -0.05) is 36.7 Å². The van der Waals surface area contributed by atoms with E-state index in [9.17, 15) is 14.7 Å². The Hall–Kier alpha value is -2.87. The van der Waals surface area contributed by atoms with E-state index >= 15 is 0 Å². The highest BCUT2D eigenvalue weighted by Crippen LogP contribution is 2.23. The Balaban J connectivity index is 2.16. The van der Waals surface area contributed by atoms with Crippen molar-refractivity contribution < 1.29 is 5.11 Å². The number of aromatic nitrogens is 4. The second-order valence-corrected chi connectivity index (χ2v) is 8.06. The maximum atomic E-state index is 12.4. The zero-order chi connectivity index (χ0) is 19.8. The Morgan fingerprint density at radius 1 is 1.07 bits per heavy atom. The molecule has 0 fully saturated rings. The van der Waals surface area contributed by atoms with Crippen molar-refractivity contribution in [2.45, 2.75) is 26.2 Å². The average Bonchev–Trinajstić information content (AvgIpc) is 3.04. The maximum absolute atomic E-state index is 12.4. The molecule has 0 unspecified atom stereocenters. The lowest BCUT2D eigenvalue weighted by Gasteiger charge is -2.16. The van der Waals surface area contributed by atoms with Crippen LogP contribution in [0, 0.1) is 0 Å². The molecule has 0 bridgehead atoms. The van der Waals surface area contributed by atoms with Crippen molar-refractivity contribution in [1.82, 2.24) is 19.9 Å². The van der Waals surface area contributed by atoms with Gasteiger partial charge in [-0.3, -0.25) is 9.59 Å². The summed E-state index contributed by atoms with van der Waals surface area (Å²) in [5.41, 5.74) is 0.722. The summed E-state index contributed by atoms with van der Waals surface area (Å²) in [5, 5.41) is 10.1. The van der Waals surface area contributed by atoms with E-state index in [1.54, 1.807) is 18.5 Å². The third kappa shape index (κ3) is 4.11. The minimum Gasteiger partial charge on any atom is -0.507 e. The van der Waals surface area contributed by atoms with E-state index < -0.39 is 11.1 Å². The lowest BCUT2D eigenvalue weighted by atomic mass is 9.90. The number of phenolic OH excluding ortho intramolecular Hbond substituents is 1. The highest BCUT2D eigenvalue weighted by molar-refractivity contribution is 9.10. The Morgan fingerprint density at radius 3 is 2.33 bits per heavy atom. The van der Waals surface area contributed by atoms with E-state index in [-0.39, 0.29) is 21.9 Å². The van der Waals surface area contributed by atoms with Crippen LogP contribution in [0.5, 0.6) is 5.75 Å². The van der Waals surface area contributed by atoms with E-state index in [0.717, 1.165) is 10.2 Å². The molecule has 1 aromatic carbocycles. The smallest absolute Gasteiger partial charge is 0.272 e. The Labute approximate surface area is 162 Å². The summed E-state index contributed by atoms with van der Waals surface area (Å²) in [6.07, 6.45) is 4.51. The van der Waals surface area contributed by atoms with Crippen LogP contribution in [0.1, 0.15) is 37.7 Å². The zero-order valence-electron chi connectivity index (χ0n) is 15.1. The quantitative estimate of drug-likeness (QED) is 0.488. The summed E-state index contributed by atoms with van der Waals surface area (Å²) in [6.45, 7) is 6.06. The first-order chi connectivity index (χ1) is 12.6. The molecule has 3 aromatic rings. The second kappa shape index (κ2) is 7.03. The topological polar surface area (TPSA) is 115 Å². The number of halogens is 1. The lowest BCUT2D eigenvalue weighted by Crippen LogP contribution is -2.46. The van der Waals surface area contributed by atoms with E-state index in [1.807, 2.05) is 20.8 Å². The summed E-state index contributed by atoms with van der Waals surface area (Å²) in [6, 6.07) is 4.82. The van der Waals surface area contributed by atoms with E-state index in [2.05, 4.69) is 35.9 Å². The fraction of sp³-hybridized carbons (Fsp3) is 0.211. The van der Waals surface area contributed by atoms with Crippen LogP contribution in [0.3, 0.4) is 0 Å². The number of aromatic amines is 3. The van der Waals surface area contributed by atoms with Gasteiger partial charge < -0.3 is 20.1 Å². The SMILES string of the molecule is CC(C)(C)c1[nH]cnc1/C=c1\[nH]c(=O)/c(=C/c2cc(Br)ccc2O)[nH]c1=O. The first kappa shape index (κ1) is 18.9. The molecule has 140 valence electrons. The Morgan fingerprint density at radius 2 is 1.70 bits per heavy atom. The molecule has 2 heterocycles. The molecule has 8 heteroatoms. The van der Waals surface area contributed by atoms with Crippen molar-refractivity contribution in [3.05, 3.63) is 77.4 Å². The minimum absolute atomic E-state index is 0.000398. The first-order valence-corrected chi connectivity index (χ1v) is 9.03. The van der Waals surface area contributed by atoms with E-state index in [0.29, 0.717) is 11.3 Å². The van der Waals surface area contributed by atoms with Gasteiger partial charge in [0.1, 0.15) is 16.4 Å². The van der Waals surface area contributed by atoms with Crippen molar-refractivity contribution in [2.24, 2.45) is 0 Å². The van der Waals surface area contributed by atoms with E-state index in [1.165, 1.54) is 18.2 Å². The molecule has 0 aliphatic heterocycles. The molecule has 2 aromatic heterocycles. The Bertz CT molecular complexity index is 1230. The molecule has 3 rings (SSSR count). The number of aromatic hydroxyl groups is 1. The summed E-state index contributed by atoms with van der Waals surface area (Å²) >= 11 is 3.31. The molecule has 7 nitrogen and oxygen atoms in total. The minimum atomic E-state index is -0.479. The van der Waals surface area contributed by atoms with Crippen LogP contribution in [0.2, 0.25) is 0 Å². The van der Waals surface area contributed by atoms with Gasteiger partial charge in [0, 0.05) is 21.1 Å². The molecule has 0 radical (unpaired) electrons. The summed E-state index contributed by atoms with van der Waals surface area (Å²) in [4.78, 5) is 37.3. The fourth-order valence-electron chi connectivity index (χ4n) is 2.64. The van der Waals surface area contributed by atoms with Gasteiger partial charge in [-0.05, 0) is 30.4 Å². The molecule has 27 heavy (non-hydrogen) atoms. The van der Waals surface area contributed by atoms with Crippen LogP contribution in [0.25, 0.3) is 12.2 Å². The summed E-state index contributed by atoms with van der Waals surface area (Å²) in [7, 11) is 0. The number of benzene rings is 1. The van der Waals surface area contributed by atoms with Crippen molar-refractivity contribution in [2.75, 3.05) is 0 Å². The molecular formula is C19H19BrN4O3. The number of H-pyrrole nitrogens is 3. The van der Waals surface area contributed by atoms with Crippen LogP contribution in [-0.2, 0) is 5.41 Å². The average molecular weight is 431 g/mol. The molecule has 4 N–H and O–H groups in total. The van der Waals surface area contributed by atoms with Crippen LogP contribution in [0.4, 0.5) is 0 Å². The number of hydrogen-bond donors (Lipinski definition) is 4. The largest absolute Gasteiger partial charge is 0.507 e. The van der Waals surface area contributed by atoms with Gasteiger partial charge in [-0.2, -0.15) is 0 Å². The van der Waals surface area contributed by atoms with Crippen molar-refractivity contribution in [3.63, 3.8) is 0 Å². The number of nitrogens with one attached hydrogen (secondary N) is 3. The van der Waals surface area contributed by atoms with Gasteiger partial charge in [-0.15, -0.1) is 0 Å². The zero-order valence-corrected chi connectivity index (χ0v) is 16.6. The van der Waals surface area contributed by atoms with Crippen LogP contribution >= 0.6 is 15.9 Å².